The second-order valence-corrected chi connectivity index (χ2v) is 4.14. The molecule has 0 heterocycles. The van der Waals surface area contributed by atoms with E-state index >= 15 is 0 Å². The van der Waals surface area contributed by atoms with Gasteiger partial charge in [-0.05, 0) is 30.5 Å². The molecule has 0 fully saturated rings. The molecule has 0 aliphatic heterocycles. The number of ether oxygens (including phenoxy) is 2. The lowest BCUT2D eigenvalue weighted by Crippen LogP contribution is -2.28. The molecule has 0 aromatic heterocycles. The summed E-state index contributed by atoms with van der Waals surface area (Å²) in [4.78, 5) is 0. The van der Waals surface area contributed by atoms with Gasteiger partial charge in [0.15, 0.2) is 11.5 Å². The summed E-state index contributed by atoms with van der Waals surface area (Å²) in [5.74, 6) is 7.03. The van der Waals surface area contributed by atoms with E-state index in [9.17, 15) is 0 Å². The van der Waals surface area contributed by atoms with Crippen LogP contribution in [-0.2, 0) is 0 Å². The van der Waals surface area contributed by atoms with Gasteiger partial charge >= 0.3 is 0 Å². The Morgan fingerprint density at radius 1 is 1.33 bits per heavy atom. The highest BCUT2D eigenvalue weighted by Gasteiger charge is 2.13. The highest BCUT2D eigenvalue weighted by molar-refractivity contribution is 5.44. The average Bonchev–Trinajstić information content (AvgIpc) is 2.43. The number of nitrogens with one attached hydrogen (secondary N) is 1. The van der Waals surface area contributed by atoms with Crippen molar-refractivity contribution in [2.75, 3.05) is 14.2 Å². The normalized spacial score (nSPS) is 12.0. The topological polar surface area (TPSA) is 56.5 Å². The smallest absolute Gasteiger partial charge is 0.161 e. The van der Waals surface area contributed by atoms with Crippen LogP contribution in [0.2, 0.25) is 0 Å². The van der Waals surface area contributed by atoms with Gasteiger partial charge in [0.05, 0.1) is 14.2 Å². The number of methoxy groups -OCH3 is 2. The number of hydrogen-bond acceptors (Lipinski definition) is 4. The Labute approximate surface area is 109 Å². The first-order chi connectivity index (χ1) is 8.65. The Morgan fingerprint density at radius 2 is 2.00 bits per heavy atom. The third kappa shape index (κ3) is 3.48. The third-order valence-electron chi connectivity index (χ3n) is 3.00. The molecule has 0 amide bonds. The lowest BCUT2D eigenvalue weighted by molar-refractivity contribution is 0.353. The number of benzene rings is 1. The van der Waals surface area contributed by atoms with Crippen LogP contribution >= 0.6 is 0 Å². The molecule has 3 N–H and O–H groups in total. The minimum Gasteiger partial charge on any atom is -0.493 e. The summed E-state index contributed by atoms with van der Waals surface area (Å²) < 4.78 is 10.5. The van der Waals surface area contributed by atoms with Crippen molar-refractivity contribution < 1.29 is 9.47 Å². The van der Waals surface area contributed by atoms with E-state index in [0.717, 1.165) is 24.0 Å². The van der Waals surface area contributed by atoms with Gasteiger partial charge in [-0.3, -0.25) is 11.3 Å². The molecular formula is C14H22N2O2. The molecule has 0 radical (unpaired) electrons. The number of hydrogen-bond donors (Lipinski definition) is 2. The SMILES string of the molecule is C=C(CC)CC(NN)c1ccc(OC)c(OC)c1. The first-order valence-corrected chi connectivity index (χ1v) is 6.00. The number of hydrazine groups is 1. The molecule has 4 heteroatoms. The number of rotatable bonds is 7. The van der Waals surface area contributed by atoms with Crippen molar-refractivity contribution in [2.45, 2.75) is 25.8 Å². The summed E-state index contributed by atoms with van der Waals surface area (Å²) in [6.45, 7) is 6.10. The molecule has 0 bridgehead atoms. The van der Waals surface area contributed by atoms with E-state index in [1.54, 1.807) is 14.2 Å². The first kappa shape index (κ1) is 14.5. The van der Waals surface area contributed by atoms with Crippen LogP contribution in [0.3, 0.4) is 0 Å². The van der Waals surface area contributed by atoms with Crippen molar-refractivity contribution in [2.24, 2.45) is 5.84 Å². The summed E-state index contributed by atoms with van der Waals surface area (Å²) in [5, 5.41) is 0. The Balaban J connectivity index is 2.95. The zero-order valence-corrected chi connectivity index (χ0v) is 11.3. The maximum absolute atomic E-state index is 5.61. The van der Waals surface area contributed by atoms with Crippen LogP contribution in [0, 0.1) is 0 Å². The van der Waals surface area contributed by atoms with Gasteiger partial charge in [0, 0.05) is 6.04 Å². The first-order valence-electron chi connectivity index (χ1n) is 6.00. The Kier molecular flexibility index (Phi) is 5.68. The van der Waals surface area contributed by atoms with Crippen LogP contribution < -0.4 is 20.7 Å². The summed E-state index contributed by atoms with van der Waals surface area (Å²) in [6.07, 6.45) is 1.76. The van der Waals surface area contributed by atoms with Crippen LogP contribution in [0.5, 0.6) is 11.5 Å². The van der Waals surface area contributed by atoms with Crippen LogP contribution in [0.15, 0.2) is 30.4 Å². The fraction of sp³-hybridized carbons (Fsp3) is 0.429. The molecule has 0 saturated carbocycles. The predicted octanol–water partition coefficient (Wildman–Crippen LogP) is 2.56. The van der Waals surface area contributed by atoms with E-state index in [4.69, 9.17) is 15.3 Å². The average molecular weight is 250 g/mol. The molecule has 0 aliphatic rings. The summed E-state index contributed by atoms with van der Waals surface area (Å²) in [7, 11) is 3.24. The zero-order valence-electron chi connectivity index (χ0n) is 11.3. The molecule has 18 heavy (non-hydrogen) atoms. The quantitative estimate of drug-likeness (QED) is 0.443. The van der Waals surface area contributed by atoms with Gasteiger partial charge in [-0.1, -0.05) is 25.1 Å². The van der Waals surface area contributed by atoms with E-state index < -0.39 is 0 Å². The Bertz CT molecular complexity index is 405. The summed E-state index contributed by atoms with van der Waals surface area (Å²) in [6, 6.07) is 5.84. The second-order valence-electron chi connectivity index (χ2n) is 4.14. The molecule has 1 atom stereocenters. The van der Waals surface area contributed by atoms with E-state index in [-0.39, 0.29) is 6.04 Å². The van der Waals surface area contributed by atoms with Crippen LogP contribution in [0.4, 0.5) is 0 Å². The number of nitrogens with two attached hydrogens (primary N) is 1. The van der Waals surface area contributed by atoms with Crippen molar-refractivity contribution in [3.8, 4) is 11.5 Å². The predicted molar refractivity (Wildman–Crippen MR) is 73.7 cm³/mol. The largest absolute Gasteiger partial charge is 0.493 e. The van der Waals surface area contributed by atoms with Crippen molar-refractivity contribution >= 4 is 0 Å². The third-order valence-corrected chi connectivity index (χ3v) is 3.00. The lowest BCUT2D eigenvalue weighted by Gasteiger charge is -2.18. The van der Waals surface area contributed by atoms with Crippen molar-refractivity contribution in [3.63, 3.8) is 0 Å². The molecule has 1 unspecified atom stereocenters. The molecule has 0 saturated heterocycles. The fourth-order valence-electron chi connectivity index (χ4n) is 1.78. The minimum absolute atomic E-state index is 0.0391. The minimum atomic E-state index is 0.0391. The van der Waals surface area contributed by atoms with Gasteiger partial charge in [0.25, 0.3) is 0 Å². The highest BCUT2D eigenvalue weighted by Crippen LogP contribution is 2.31. The second kappa shape index (κ2) is 7.03. The van der Waals surface area contributed by atoms with Gasteiger partial charge in [-0.25, -0.2) is 0 Å². The van der Waals surface area contributed by atoms with Gasteiger partial charge in [0.2, 0.25) is 0 Å². The molecule has 4 nitrogen and oxygen atoms in total. The maximum Gasteiger partial charge on any atom is 0.161 e. The monoisotopic (exact) mass is 250 g/mol. The Morgan fingerprint density at radius 3 is 2.50 bits per heavy atom. The Hall–Kier alpha value is -1.52. The van der Waals surface area contributed by atoms with Gasteiger partial charge < -0.3 is 9.47 Å². The molecule has 1 rings (SSSR count). The van der Waals surface area contributed by atoms with E-state index in [1.165, 1.54) is 0 Å². The molecule has 1 aromatic carbocycles. The molecule has 0 aliphatic carbocycles. The molecule has 0 spiro atoms. The van der Waals surface area contributed by atoms with E-state index in [1.807, 2.05) is 18.2 Å². The van der Waals surface area contributed by atoms with Crippen molar-refractivity contribution in [1.82, 2.24) is 5.43 Å². The summed E-state index contributed by atoms with van der Waals surface area (Å²) in [5.41, 5.74) is 5.04. The van der Waals surface area contributed by atoms with Crippen LogP contribution in [0.1, 0.15) is 31.4 Å². The van der Waals surface area contributed by atoms with Gasteiger partial charge in [-0.15, -0.1) is 0 Å². The lowest BCUT2D eigenvalue weighted by atomic mass is 9.98. The zero-order chi connectivity index (χ0) is 13.5. The molecule has 1 aromatic rings. The van der Waals surface area contributed by atoms with E-state index in [0.29, 0.717) is 11.5 Å². The van der Waals surface area contributed by atoms with Crippen LogP contribution in [0.25, 0.3) is 0 Å². The van der Waals surface area contributed by atoms with Gasteiger partial charge in [0.1, 0.15) is 0 Å². The molecular weight excluding hydrogens is 228 g/mol. The van der Waals surface area contributed by atoms with Gasteiger partial charge in [-0.2, -0.15) is 0 Å². The molecule has 100 valence electrons. The highest BCUT2D eigenvalue weighted by atomic mass is 16.5. The van der Waals surface area contributed by atoms with Crippen LogP contribution in [-0.4, -0.2) is 14.2 Å². The van der Waals surface area contributed by atoms with Crippen molar-refractivity contribution in [1.29, 1.82) is 0 Å². The standard InChI is InChI=1S/C14H22N2O2/c1-5-10(2)8-12(16-15)11-6-7-13(17-3)14(9-11)18-4/h6-7,9,12,16H,2,5,8,15H2,1,3-4H3. The van der Waals surface area contributed by atoms with E-state index in [2.05, 4.69) is 18.9 Å². The fourth-order valence-corrected chi connectivity index (χ4v) is 1.78. The van der Waals surface area contributed by atoms with Crippen molar-refractivity contribution in [3.05, 3.63) is 35.9 Å². The maximum atomic E-state index is 5.61. The summed E-state index contributed by atoms with van der Waals surface area (Å²) >= 11 is 0.